The van der Waals surface area contributed by atoms with E-state index < -0.39 is 11.7 Å². The molecule has 0 radical (unpaired) electrons. The molecule has 1 aliphatic rings. The van der Waals surface area contributed by atoms with E-state index in [9.17, 15) is 18.0 Å². The van der Waals surface area contributed by atoms with Crippen molar-refractivity contribution in [3.05, 3.63) is 52.2 Å². The number of nitrogens with one attached hydrogen (secondary N) is 2. The molecule has 27 heavy (non-hydrogen) atoms. The van der Waals surface area contributed by atoms with Gasteiger partial charge >= 0.3 is 6.18 Å². The minimum Gasteiger partial charge on any atom is -0.360 e. The molecule has 0 spiro atoms. The Morgan fingerprint density at radius 1 is 1.26 bits per heavy atom. The van der Waals surface area contributed by atoms with Crippen LogP contribution in [0, 0.1) is 0 Å². The number of carbonyl (C=O) groups is 1. The van der Waals surface area contributed by atoms with Crippen LogP contribution in [-0.2, 0) is 17.5 Å². The lowest BCUT2D eigenvalue weighted by Gasteiger charge is -2.36. The van der Waals surface area contributed by atoms with Crippen LogP contribution < -0.4 is 15.1 Å². The minimum atomic E-state index is -4.34. The zero-order chi connectivity index (χ0) is 19.4. The molecule has 1 saturated heterocycles. The third kappa shape index (κ3) is 5.01. The van der Waals surface area contributed by atoms with Crippen LogP contribution in [0.5, 0.6) is 0 Å². The first-order valence-electron chi connectivity index (χ1n) is 8.91. The number of hydrogen-bond donors (Lipinski definition) is 2. The van der Waals surface area contributed by atoms with Crippen LogP contribution >= 0.6 is 11.3 Å². The van der Waals surface area contributed by atoms with Crippen molar-refractivity contribution in [3.63, 3.8) is 0 Å². The minimum absolute atomic E-state index is 0.00548. The van der Waals surface area contributed by atoms with Crippen LogP contribution in [0.25, 0.3) is 0 Å². The number of piperazine rings is 1. The van der Waals surface area contributed by atoms with Crippen molar-refractivity contribution < 1.29 is 22.9 Å². The maximum atomic E-state index is 12.9. The average Bonchev–Trinajstić information content (AvgIpc) is 3.19. The smallest absolute Gasteiger partial charge is 0.360 e. The molecule has 1 amide bonds. The second-order valence-electron chi connectivity index (χ2n) is 6.71. The number of carbonyl (C=O) groups excluding carboxylic acids is 1. The Morgan fingerprint density at radius 3 is 2.63 bits per heavy atom. The molecule has 146 valence electrons. The van der Waals surface area contributed by atoms with Crippen molar-refractivity contribution in [1.29, 1.82) is 0 Å². The Morgan fingerprint density at radius 2 is 2.00 bits per heavy atom. The van der Waals surface area contributed by atoms with Crippen LogP contribution in [-0.4, -0.2) is 38.1 Å². The second-order valence-corrected chi connectivity index (χ2v) is 7.74. The van der Waals surface area contributed by atoms with Crippen molar-refractivity contribution >= 4 is 22.9 Å². The Bertz CT molecular complexity index is 756. The van der Waals surface area contributed by atoms with Crippen molar-refractivity contribution in [2.45, 2.75) is 25.7 Å². The standard InChI is InChI=1S/C19H22F3N3OS/c1-14(18(26)23-13-17-6-3-11-27-17)24-7-9-25(10-8-24)16-5-2-4-15(12-16)19(20,21)22/h2-6,11-12,14H,7-10,13H2,1H3,(H,23,26)/p+1/t14-/m0/s1. The van der Waals surface area contributed by atoms with Crippen LogP contribution in [0.15, 0.2) is 41.8 Å². The van der Waals surface area contributed by atoms with E-state index in [0.29, 0.717) is 38.4 Å². The van der Waals surface area contributed by atoms with E-state index >= 15 is 0 Å². The first-order valence-corrected chi connectivity index (χ1v) is 9.79. The zero-order valence-corrected chi connectivity index (χ0v) is 15.9. The van der Waals surface area contributed by atoms with Crippen LogP contribution in [0.2, 0.25) is 0 Å². The highest BCUT2D eigenvalue weighted by Gasteiger charge is 2.32. The molecule has 1 aliphatic heterocycles. The van der Waals surface area contributed by atoms with Gasteiger partial charge in [0, 0.05) is 10.6 Å². The topological polar surface area (TPSA) is 36.8 Å². The number of halogens is 3. The molecule has 1 aromatic heterocycles. The molecule has 2 N–H and O–H groups in total. The summed E-state index contributed by atoms with van der Waals surface area (Å²) in [4.78, 5) is 16.6. The monoisotopic (exact) mass is 398 g/mol. The zero-order valence-electron chi connectivity index (χ0n) is 15.1. The van der Waals surface area contributed by atoms with Crippen LogP contribution in [0.3, 0.4) is 0 Å². The lowest BCUT2D eigenvalue weighted by Crippen LogP contribution is -3.19. The van der Waals surface area contributed by atoms with E-state index in [4.69, 9.17) is 0 Å². The number of anilines is 1. The molecule has 2 aromatic rings. The average molecular weight is 398 g/mol. The molecule has 0 saturated carbocycles. The quantitative estimate of drug-likeness (QED) is 0.810. The van der Waals surface area contributed by atoms with E-state index in [0.717, 1.165) is 15.8 Å². The Balaban J connectivity index is 1.53. The SMILES string of the molecule is C[C@@H](C(=O)NCc1cccs1)[NH+]1CCN(c2cccc(C(F)(F)F)c2)CC1. The maximum Gasteiger partial charge on any atom is 0.416 e. The molecule has 0 bridgehead atoms. The number of amides is 1. The van der Waals surface area contributed by atoms with Gasteiger partial charge in [-0.05, 0) is 36.6 Å². The van der Waals surface area contributed by atoms with Gasteiger partial charge in [0.2, 0.25) is 0 Å². The molecule has 0 aliphatic carbocycles. The lowest BCUT2D eigenvalue weighted by molar-refractivity contribution is -0.914. The number of rotatable bonds is 5. The van der Waals surface area contributed by atoms with Gasteiger partial charge in [0.15, 0.2) is 6.04 Å². The van der Waals surface area contributed by atoms with Crippen molar-refractivity contribution in [2.24, 2.45) is 0 Å². The van der Waals surface area contributed by atoms with Gasteiger partial charge in [-0.3, -0.25) is 4.79 Å². The van der Waals surface area contributed by atoms with Gasteiger partial charge in [0.1, 0.15) is 0 Å². The first-order chi connectivity index (χ1) is 12.8. The Labute approximate surface area is 160 Å². The highest BCUT2D eigenvalue weighted by molar-refractivity contribution is 7.09. The van der Waals surface area contributed by atoms with Crippen LogP contribution in [0.4, 0.5) is 18.9 Å². The van der Waals surface area contributed by atoms with Crippen LogP contribution in [0.1, 0.15) is 17.4 Å². The molecule has 3 rings (SSSR count). The highest BCUT2D eigenvalue weighted by Crippen LogP contribution is 2.31. The Kier molecular flexibility index (Phi) is 6.06. The summed E-state index contributed by atoms with van der Waals surface area (Å²) in [6, 6.07) is 9.18. The van der Waals surface area contributed by atoms with E-state index in [2.05, 4.69) is 5.32 Å². The molecule has 4 nitrogen and oxygen atoms in total. The van der Waals surface area contributed by atoms with Gasteiger partial charge in [-0.2, -0.15) is 13.2 Å². The molecule has 1 fully saturated rings. The molecule has 0 unspecified atom stereocenters. The normalized spacial score (nSPS) is 17.0. The van der Waals surface area contributed by atoms with E-state index in [-0.39, 0.29) is 11.9 Å². The Hall–Kier alpha value is -2.06. The summed E-state index contributed by atoms with van der Waals surface area (Å²) in [6.45, 7) is 5.11. The summed E-state index contributed by atoms with van der Waals surface area (Å²) in [7, 11) is 0. The summed E-state index contributed by atoms with van der Waals surface area (Å²) >= 11 is 1.60. The van der Waals surface area contributed by atoms with Gasteiger partial charge in [-0.15, -0.1) is 11.3 Å². The summed E-state index contributed by atoms with van der Waals surface area (Å²) < 4.78 is 38.7. The van der Waals surface area contributed by atoms with Gasteiger partial charge < -0.3 is 15.1 Å². The molecular formula is C19H23F3N3OS+. The summed E-state index contributed by atoms with van der Waals surface area (Å²) in [5.74, 6) is 0.00548. The summed E-state index contributed by atoms with van der Waals surface area (Å²) in [5.41, 5.74) is -0.0465. The number of quaternary nitrogens is 1. The third-order valence-corrected chi connectivity index (χ3v) is 5.84. The van der Waals surface area contributed by atoms with E-state index in [1.165, 1.54) is 12.1 Å². The fourth-order valence-corrected chi connectivity index (χ4v) is 3.93. The van der Waals surface area contributed by atoms with E-state index in [1.807, 2.05) is 29.3 Å². The molecule has 8 heteroatoms. The summed E-state index contributed by atoms with van der Waals surface area (Å²) in [6.07, 6.45) is -4.34. The first kappa shape index (κ1) is 19.7. The fraction of sp³-hybridized carbons (Fsp3) is 0.421. The second kappa shape index (κ2) is 8.31. The number of thiophene rings is 1. The summed E-state index contributed by atoms with van der Waals surface area (Å²) in [5, 5.41) is 4.94. The van der Waals surface area contributed by atoms with Gasteiger partial charge in [-0.1, -0.05) is 12.1 Å². The molecular weight excluding hydrogens is 375 g/mol. The lowest BCUT2D eigenvalue weighted by atomic mass is 10.1. The number of nitrogens with zero attached hydrogens (tertiary/aromatic N) is 1. The maximum absolute atomic E-state index is 12.9. The predicted molar refractivity (Wildman–Crippen MR) is 100.0 cm³/mol. The van der Waals surface area contributed by atoms with Gasteiger partial charge in [0.05, 0.1) is 38.3 Å². The van der Waals surface area contributed by atoms with Crippen molar-refractivity contribution in [3.8, 4) is 0 Å². The number of benzene rings is 1. The van der Waals surface area contributed by atoms with Gasteiger partial charge in [0.25, 0.3) is 5.91 Å². The fourth-order valence-electron chi connectivity index (χ4n) is 3.29. The van der Waals surface area contributed by atoms with Crippen molar-refractivity contribution in [1.82, 2.24) is 5.32 Å². The molecule has 2 heterocycles. The number of alkyl halides is 3. The largest absolute Gasteiger partial charge is 0.416 e. The predicted octanol–water partition coefficient (Wildman–Crippen LogP) is 2.18. The molecule has 1 atom stereocenters. The van der Waals surface area contributed by atoms with Crippen molar-refractivity contribution in [2.75, 3.05) is 31.1 Å². The van der Waals surface area contributed by atoms with Gasteiger partial charge in [-0.25, -0.2) is 0 Å². The third-order valence-electron chi connectivity index (χ3n) is 4.97. The highest BCUT2D eigenvalue weighted by atomic mass is 32.1. The number of hydrogen-bond acceptors (Lipinski definition) is 3. The van der Waals surface area contributed by atoms with E-state index in [1.54, 1.807) is 17.4 Å². The molecule has 1 aromatic carbocycles.